The Hall–Kier alpha value is -4.39. The molecule has 0 unspecified atom stereocenters. The Morgan fingerprint density at radius 3 is 2.48 bits per heavy atom. The molecule has 7 nitrogen and oxygen atoms in total. The number of nitrogens with one attached hydrogen (secondary N) is 1. The zero-order valence-corrected chi connectivity index (χ0v) is 16.4. The molecule has 0 aromatic heterocycles. The number of ether oxygens (including phenoxy) is 3. The predicted molar refractivity (Wildman–Crippen MR) is 115 cm³/mol. The minimum Gasteiger partial charge on any atom is -0.454 e. The first-order chi connectivity index (χ1) is 15.2. The molecule has 0 saturated carbocycles. The first-order valence-corrected chi connectivity index (χ1v) is 9.45. The van der Waals surface area contributed by atoms with Crippen LogP contribution in [0.2, 0.25) is 0 Å². The molecule has 0 atom stereocenters. The van der Waals surface area contributed by atoms with Gasteiger partial charge >= 0.3 is 5.97 Å². The van der Waals surface area contributed by atoms with Gasteiger partial charge in [0.15, 0.2) is 11.5 Å². The molecule has 3 aromatic rings. The lowest BCUT2D eigenvalue weighted by Crippen LogP contribution is -2.17. The SMILES string of the molecule is O=C(/C=C/c1ccccc1)Oc1ccc(/C=N/NC(=O)c2ccc3c(c2)OCO3)cc1. The van der Waals surface area contributed by atoms with Crippen LogP contribution in [0.15, 0.2) is 84.0 Å². The maximum Gasteiger partial charge on any atom is 0.336 e. The highest BCUT2D eigenvalue weighted by atomic mass is 16.7. The number of hydrazone groups is 1. The van der Waals surface area contributed by atoms with Crippen LogP contribution < -0.4 is 19.6 Å². The molecule has 1 aliphatic heterocycles. The molecular formula is C24H18N2O5. The number of nitrogens with zero attached hydrogens (tertiary/aromatic N) is 1. The zero-order chi connectivity index (χ0) is 21.5. The van der Waals surface area contributed by atoms with Crippen LogP contribution in [0.5, 0.6) is 17.2 Å². The molecule has 0 saturated heterocycles. The number of amides is 1. The first-order valence-electron chi connectivity index (χ1n) is 9.45. The standard InChI is InChI=1S/C24H18N2O5/c27-23(13-8-17-4-2-1-3-5-17)31-20-10-6-18(7-11-20)15-25-26-24(28)19-9-12-21-22(14-19)30-16-29-21/h1-15H,16H2,(H,26,28)/b13-8+,25-15+. The molecular weight excluding hydrogens is 396 g/mol. The van der Waals surface area contributed by atoms with Crippen molar-refractivity contribution in [3.05, 3.63) is 95.6 Å². The molecule has 1 heterocycles. The molecule has 4 rings (SSSR count). The third-order valence-corrected chi connectivity index (χ3v) is 4.32. The number of benzene rings is 3. The number of carbonyl (C=O) groups excluding carboxylic acids is 2. The van der Waals surface area contributed by atoms with Gasteiger partial charge in [-0.05, 0) is 59.7 Å². The van der Waals surface area contributed by atoms with Crippen LogP contribution in [0.3, 0.4) is 0 Å². The van der Waals surface area contributed by atoms with Crippen LogP contribution in [0.1, 0.15) is 21.5 Å². The molecule has 0 radical (unpaired) electrons. The van der Waals surface area contributed by atoms with Gasteiger partial charge in [0.25, 0.3) is 5.91 Å². The molecule has 7 heteroatoms. The Morgan fingerprint density at radius 1 is 0.903 bits per heavy atom. The summed E-state index contributed by atoms with van der Waals surface area (Å²) in [5.74, 6) is 0.701. The number of hydrogen-bond acceptors (Lipinski definition) is 6. The smallest absolute Gasteiger partial charge is 0.336 e. The van der Waals surface area contributed by atoms with Crippen molar-refractivity contribution >= 4 is 24.2 Å². The highest BCUT2D eigenvalue weighted by Crippen LogP contribution is 2.32. The van der Waals surface area contributed by atoms with Crippen LogP contribution in [0, 0.1) is 0 Å². The monoisotopic (exact) mass is 414 g/mol. The van der Waals surface area contributed by atoms with Gasteiger partial charge in [0.2, 0.25) is 6.79 Å². The Balaban J connectivity index is 1.29. The second-order valence-electron chi connectivity index (χ2n) is 6.50. The lowest BCUT2D eigenvalue weighted by atomic mass is 10.2. The molecule has 1 N–H and O–H groups in total. The van der Waals surface area contributed by atoms with Crippen LogP contribution >= 0.6 is 0 Å². The van der Waals surface area contributed by atoms with Gasteiger partial charge < -0.3 is 14.2 Å². The van der Waals surface area contributed by atoms with Crippen molar-refractivity contribution in [2.45, 2.75) is 0 Å². The van der Waals surface area contributed by atoms with Crippen molar-refractivity contribution in [2.75, 3.05) is 6.79 Å². The normalized spacial score (nSPS) is 12.3. The van der Waals surface area contributed by atoms with E-state index in [2.05, 4.69) is 10.5 Å². The summed E-state index contributed by atoms with van der Waals surface area (Å²) in [5, 5.41) is 3.95. The van der Waals surface area contributed by atoms with Gasteiger partial charge in [0, 0.05) is 11.6 Å². The van der Waals surface area contributed by atoms with E-state index in [4.69, 9.17) is 14.2 Å². The largest absolute Gasteiger partial charge is 0.454 e. The minimum atomic E-state index is -0.471. The van der Waals surface area contributed by atoms with E-state index in [0.29, 0.717) is 22.8 Å². The minimum absolute atomic E-state index is 0.146. The van der Waals surface area contributed by atoms with Gasteiger partial charge in [0.1, 0.15) is 5.75 Å². The Morgan fingerprint density at radius 2 is 1.68 bits per heavy atom. The van der Waals surface area contributed by atoms with E-state index < -0.39 is 5.97 Å². The van der Waals surface area contributed by atoms with E-state index in [0.717, 1.165) is 11.1 Å². The summed E-state index contributed by atoms with van der Waals surface area (Å²) in [6.07, 6.45) is 4.55. The third kappa shape index (κ3) is 5.36. The number of fused-ring (bicyclic) bond motifs is 1. The summed E-state index contributed by atoms with van der Waals surface area (Å²) in [6.45, 7) is 0.146. The highest BCUT2D eigenvalue weighted by Gasteiger charge is 2.15. The summed E-state index contributed by atoms with van der Waals surface area (Å²) in [5.41, 5.74) is 4.51. The first kappa shape index (κ1) is 19.9. The summed E-state index contributed by atoms with van der Waals surface area (Å²) < 4.78 is 15.7. The second kappa shape index (κ2) is 9.41. The molecule has 0 fully saturated rings. The molecule has 1 aliphatic rings. The highest BCUT2D eigenvalue weighted by molar-refractivity contribution is 5.95. The van der Waals surface area contributed by atoms with E-state index >= 15 is 0 Å². The zero-order valence-electron chi connectivity index (χ0n) is 16.4. The van der Waals surface area contributed by atoms with Crippen LogP contribution in [-0.2, 0) is 4.79 Å². The fraction of sp³-hybridized carbons (Fsp3) is 0.0417. The van der Waals surface area contributed by atoms with E-state index in [1.807, 2.05) is 30.3 Å². The van der Waals surface area contributed by atoms with E-state index in [-0.39, 0.29) is 12.7 Å². The fourth-order valence-corrected chi connectivity index (χ4v) is 2.77. The van der Waals surface area contributed by atoms with Gasteiger partial charge in [-0.3, -0.25) is 4.79 Å². The number of rotatable bonds is 6. The summed E-state index contributed by atoms with van der Waals surface area (Å²) >= 11 is 0. The average molecular weight is 414 g/mol. The molecule has 31 heavy (non-hydrogen) atoms. The van der Waals surface area contributed by atoms with Gasteiger partial charge in [-0.25, -0.2) is 10.2 Å². The lowest BCUT2D eigenvalue weighted by Gasteiger charge is -2.03. The van der Waals surface area contributed by atoms with E-state index in [1.165, 1.54) is 12.3 Å². The van der Waals surface area contributed by atoms with Crippen molar-refractivity contribution < 1.29 is 23.8 Å². The maximum absolute atomic E-state index is 12.2. The maximum atomic E-state index is 12.2. The van der Waals surface area contributed by atoms with Crippen molar-refractivity contribution in [3.8, 4) is 17.2 Å². The van der Waals surface area contributed by atoms with Crippen molar-refractivity contribution in [1.29, 1.82) is 0 Å². The quantitative estimate of drug-likeness (QED) is 0.218. The van der Waals surface area contributed by atoms with Crippen molar-refractivity contribution in [3.63, 3.8) is 0 Å². The summed E-state index contributed by atoms with van der Waals surface area (Å²) in [4.78, 5) is 24.1. The Kier molecular flexibility index (Phi) is 6.04. The molecule has 1 amide bonds. The van der Waals surface area contributed by atoms with E-state index in [9.17, 15) is 9.59 Å². The third-order valence-electron chi connectivity index (χ3n) is 4.32. The Labute approximate surface area is 178 Å². The number of hydrogen-bond donors (Lipinski definition) is 1. The number of esters is 1. The molecule has 0 bridgehead atoms. The van der Waals surface area contributed by atoms with Crippen LogP contribution in [0.25, 0.3) is 6.08 Å². The molecule has 0 spiro atoms. The summed E-state index contributed by atoms with van der Waals surface area (Å²) in [6, 6.07) is 21.1. The predicted octanol–water partition coefficient (Wildman–Crippen LogP) is 3.80. The fourth-order valence-electron chi connectivity index (χ4n) is 2.77. The van der Waals surface area contributed by atoms with Gasteiger partial charge in [-0.2, -0.15) is 5.10 Å². The van der Waals surface area contributed by atoms with Gasteiger partial charge in [-0.15, -0.1) is 0 Å². The average Bonchev–Trinajstić information content (AvgIpc) is 3.27. The Bertz CT molecular complexity index is 1140. The van der Waals surface area contributed by atoms with Crippen molar-refractivity contribution in [2.24, 2.45) is 5.10 Å². The lowest BCUT2D eigenvalue weighted by molar-refractivity contribution is -0.128. The molecule has 3 aromatic carbocycles. The van der Waals surface area contributed by atoms with Gasteiger partial charge in [0.05, 0.1) is 6.21 Å². The van der Waals surface area contributed by atoms with E-state index in [1.54, 1.807) is 48.5 Å². The number of carbonyl (C=O) groups is 2. The van der Waals surface area contributed by atoms with Crippen LogP contribution in [0.4, 0.5) is 0 Å². The second-order valence-corrected chi connectivity index (χ2v) is 6.50. The van der Waals surface area contributed by atoms with Gasteiger partial charge in [-0.1, -0.05) is 30.3 Å². The topological polar surface area (TPSA) is 86.2 Å². The summed E-state index contributed by atoms with van der Waals surface area (Å²) in [7, 11) is 0. The van der Waals surface area contributed by atoms with Crippen LogP contribution in [-0.4, -0.2) is 24.9 Å². The van der Waals surface area contributed by atoms with Crippen molar-refractivity contribution in [1.82, 2.24) is 5.43 Å². The molecule has 154 valence electrons. The molecule has 0 aliphatic carbocycles.